The van der Waals surface area contributed by atoms with Crippen LogP contribution < -0.4 is 5.32 Å². The molecule has 0 heterocycles. The molecule has 17 heavy (non-hydrogen) atoms. The van der Waals surface area contributed by atoms with Crippen molar-refractivity contribution < 1.29 is 0 Å². The Labute approximate surface area is 107 Å². The molecule has 0 saturated carbocycles. The third-order valence-corrected chi connectivity index (χ3v) is 3.59. The Morgan fingerprint density at radius 3 is 2.06 bits per heavy atom. The predicted octanol–water partition coefficient (Wildman–Crippen LogP) is 4.20. The normalized spacial score (nSPS) is 13.3. The van der Waals surface area contributed by atoms with Crippen LogP contribution in [0.25, 0.3) is 0 Å². The van der Waals surface area contributed by atoms with Crippen LogP contribution in [0.3, 0.4) is 0 Å². The Bertz CT molecular complexity index is 288. The lowest BCUT2D eigenvalue weighted by molar-refractivity contribution is 0.370. The first-order valence-corrected chi connectivity index (χ1v) is 6.97. The standard InChI is InChI=1S/C16H27N/c1-5-14(6-2)16(12-17-13(3)4)15-10-8-7-9-11-15/h7-11,13-14,16-17H,5-6,12H2,1-4H3. The fourth-order valence-corrected chi connectivity index (χ4v) is 2.48. The van der Waals surface area contributed by atoms with E-state index in [-0.39, 0.29) is 0 Å². The predicted molar refractivity (Wildman–Crippen MR) is 76.4 cm³/mol. The van der Waals surface area contributed by atoms with Crippen LogP contribution in [0.2, 0.25) is 0 Å². The molecule has 0 spiro atoms. The zero-order chi connectivity index (χ0) is 12.7. The second kappa shape index (κ2) is 7.50. The fourth-order valence-electron chi connectivity index (χ4n) is 2.48. The SMILES string of the molecule is CCC(CC)C(CNC(C)C)c1ccccc1. The Balaban J connectivity index is 2.78. The summed E-state index contributed by atoms with van der Waals surface area (Å²) in [5.74, 6) is 1.43. The molecule has 0 amide bonds. The van der Waals surface area contributed by atoms with Crippen molar-refractivity contribution in [3.05, 3.63) is 35.9 Å². The van der Waals surface area contributed by atoms with Crippen molar-refractivity contribution >= 4 is 0 Å². The molecule has 1 heteroatoms. The first-order valence-electron chi connectivity index (χ1n) is 6.97. The van der Waals surface area contributed by atoms with E-state index in [4.69, 9.17) is 0 Å². The van der Waals surface area contributed by atoms with Crippen LogP contribution in [0.4, 0.5) is 0 Å². The van der Waals surface area contributed by atoms with Gasteiger partial charge in [0.25, 0.3) is 0 Å². The lowest BCUT2D eigenvalue weighted by atomic mass is 9.82. The molecule has 0 saturated heterocycles. The van der Waals surface area contributed by atoms with Gasteiger partial charge in [0.05, 0.1) is 0 Å². The molecule has 1 N–H and O–H groups in total. The molecular formula is C16H27N. The van der Waals surface area contributed by atoms with E-state index in [1.54, 1.807) is 0 Å². The minimum absolute atomic E-state index is 0.565. The monoisotopic (exact) mass is 233 g/mol. The maximum atomic E-state index is 3.59. The highest BCUT2D eigenvalue weighted by atomic mass is 14.9. The van der Waals surface area contributed by atoms with Crippen LogP contribution in [-0.2, 0) is 0 Å². The molecule has 0 aliphatic rings. The van der Waals surface area contributed by atoms with E-state index in [0.717, 1.165) is 12.5 Å². The third kappa shape index (κ3) is 4.51. The van der Waals surface area contributed by atoms with Gasteiger partial charge in [0.2, 0.25) is 0 Å². The molecule has 96 valence electrons. The van der Waals surface area contributed by atoms with Crippen LogP contribution in [0.15, 0.2) is 30.3 Å². The van der Waals surface area contributed by atoms with Crippen molar-refractivity contribution in [3.8, 4) is 0 Å². The molecule has 0 aliphatic carbocycles. The van der Waals surface area contributed by atoms with Crippen LogP contribution in [0.5, 0.6) is 0 Å². The molecule has 1 atom stereocenters. The van der Waals surface area contributed by atoms with Gasteiger partial charge in [-0.25, -0.2) is 0 Å². The summed E-state index contributed by atoms with van der Waals surface area (Å²) in [6, 6.07) is 11.5. The van der Waals surface area contributed by atoms with Gasteiger partial charge in [-0.15, -0.1) is 0 Å². The number of hydrogen-bond acceptors (Lipinski definition) is 1. The van der Waals surface area contributed by atoms with Gasteiger partial charge in [-0.2, -0.15) is 0 Å². The van der Waals surface area contributed by atoms with Gasteiger partial charge in [0.15, 0.2) is 0 Å². The zero-order valence-corrected chi connectivity index (χ0v) is 11.7. The van der Waals surface area contributed by atoms with Crippen LogP contribution in [0.1, 0.15) is 52.0 Å². The number of nitrogens with one attached hydrogen (secondary N) is 1. The van der Waals surface area contributed by atoms with Crippen molar-refractivity contribution in [1.82, 2.24) is 5.32 Å². The molecule has 0 fully saturated rings. The highest BCUT2D eigenvalue weighted by molar-refractivity contribution is 5.20. The van der Waals surface area contributed by atoms with Gasteiger partial charge < -0.3 is 5.32 Å². The van der Waals surface area contributed by atoms with Gasteiger partial charge in [0.1, 0.15) is 0 Å². The van der Waals surface area contributed by atoms with Crippen LogP contribution >= 0.6 is 0 Å². The molecule has 0 aromatic heterocycles. The molecule has 0 radical (unpaired) electrons. The summed E-state index contributed by atoms with van der Waals surface area (Å²) in [5, 5.41) is 3.59. The van der Waals surface area contributed by atoms with E-state index >= 15 is 0 Å². The summed E-state index contributed by atoms with van der Waals surface area (Å²) in [6.45, 7) is 10.1. The minimum atomic E-state index is 0.565. The topological polar surface area (TPSA) is 12.0 Å². The van der Waals surface area contributed by atoms with Crippen molar-refractivity contribution in [2.75, 3.05) is 6.54 Å². The Hall–Kier alpha value is -0.820. The lowest BCUT2D eigenvalue weighted by Crippen LogP contribution is -2.31. The largest absolute Gasteiger partial charge is 0.314 e. The van der Waals surface area contributed by atoms with Gasteiger partial charge >= 0.3 is 0 Å². The van der Waals surface area contributed by atoms with E-state index < -0.39 is 0 Å². The lowest BCUT2D eigenvalue weighted by Gasteiger charge is -2.27. The smallest absolute Gasteiger partial charge is 0.00251 e. The van der Waals surface area contributed by atoms with Crippen LogP contribution in [-0.4, -0.2) is 12.6 Å². The summed E-state index contributed by atoms with van der Waals surface area (Å²) in [6.07, 6.45) is 2.52. The van der Waals surface area contributed by atoms with Crippen LogP contribution in [0, 0.1) is 5.92 Å². The minimum Gasteiger partial charge on any atom is -0.314 e. The van der Waals surface area contributed by atoms with E-state index in [0.29, 0.717) is 12.0 Å². The Morgan fingerprint density at radius 1 is 1.00 bits per heavy atom. The average molecular weight is 233 g/mol. The number of benzene rings is 1. The van der Waals surface area contributed by atoms with Crippen molar-refractivity contribution in [2.45, 2.75) is 52.5 Å². The molecule has 1 unspecified atom stereocenters. The zero-order valence-electron chi connectivity index (χ0n) is 11.7. The van der Waals surface area contributed by atoms with E-state index in [1.807, 2.05) is 0 Å². The van der Waals surface area contributed by atoms with Gasteiger partial charge in [0, 0.05) is 12.6 Å². The molecular weight excluding hydrogens is 206 g/mol. The summed E-state index contributed by atoms with van der Waals surface area (Å²) in [4.78, 5) is 0. The molecule has 1 rings (SSSR count). The molecule has 1 nitrogen and oxygen atoms in total. The molecule has 1 aromatic carbocycles. The molecule has 1 aromatic rings. The van der Waals surface area contributed by atoms with Crippen molar-refractivity contribution in [1.29, 1.82) is 0 Å². The Kier molecular flexibility index (Phi) is 6.28. The average Bonchev–Trinajstić information content (AvgIpc) is 2.35. The maximum Gasteiger partial charge on any atom is 0.00251 e. The summed E-state index contributed by atoms with van der Waals surface area (Å²) in [7, 11) is 0. The highest BCUT2D eigenvalue weighted by Gasteiger charge is 2.20. The fraction of sp³-hybridized carbons (Fsp3) is 0.625. The molecule has 0 bridgehead atoms. The van der Waals surface area contributed by atoms with E-state index in [2.05, 4.69) is 63.3 Å². The maximum absolute atomic E-state index is 3.59. The first kappa shape index (κ1) is 14.2. The van der Waals surface area contributed by atoms with Gasteiger partial charge in [-0.3, -0.25) is 0 Å². The van der Waals surface area contributed by atoms with Crippen molar-refractivity contribution in [2.24, 2.45) is 5.92 Å². The first-order chi connectivity index (χ1) is 8.19. The second-order valence-electron chi connectivity index (χ2n) is 5.16. The summed E-state index contributed by atoms with van der Waals surface area (Å²) < 4.78 is 0. The van der Waals surface area contributed by atoms with Gasteiger partial charge in [-0.05, 0) is 17.4 Å². The third-order valence-electron chi connectivity index (χ3n) is 3.59. The second-order valence-corrected chi connectivity index (χ2v) is 5.16. The molecule has 0 aliphatic heterocycles. The number of rotatable bonds is 7. The highest BCUT2D eigenvalue weighted by Crippen LogP contribution is 2.29. The van der Waals surface area contributed by atoms with Crippen molar-refractivity contribution in [3.63, 3.8) is 0 Å². The van der Waals surface area contributed by atoms with E-state index in [9.17, 15) is 0 Å². The Morgan fingerprint density at radius 2 is 1.59 bits per heavy atom. The quantitative estimate of drug-likeness (QED) is 0.744. The number of hydrogen-bond donors (Lipinski definition) is 1. The van der Waals surface area contributed by atoms with Gasteiger partial charge in [-0.1, -0.05) is 70.9 Å². The summed E-state index contributed by atoms with van der Waals surface area (Å²) >= 11 is 0. The van der Waals surface area contributed by atoms with E-state index in [1.165, 1.54) is 18.4 Å². The summed E-state index contributed by atoms with van der Waals surface area (Å²) in [5.41, 5.74) is 1.48.